The van der Waals surface area contributed by atoms with E-state index in [1.165, 1.54) is 0 Å². The van der Waals surface area contributed by atoms with Crippen molar-refractivity contribution < 1.29 is 36.0 Å². The van der Waals surface area contributed by atoms with Gasteiger partial charge in [0.2, 0.25) is 0 Å². The van der Waals surface area contributed by atoms with Gasteiger partial charge in [0, 0.05) is 0 Å². The highest BCUT2D eigenvalue weighted by molar-refractivity contribution is 7.86. The van der Waals surface area contributed by atoms with Gasteiger partial charge in [-0.15, -0.1) is 0 Å². The lowest BCUT2D eigenvalue weighted by Gasteiger charge is -2.21. The summed E-state index contributed by atoms with van der Waals surface area (Å²) in [6.07, 6.45) is 4.58. The molecule has 1 saturated carbocycles. The van der Waals surface area contributed by atoms with Gasteiger partial charge in [-0.3, -0.25) is 4.55 Å². The number of alkyl halides is 2. The zero-order valence-electron chi connectivity index (χ0n) is 10.2. The standard InChI is InChI=1S/C10H16F2O6S/c11-10(12,19(14,15)16)7-18-9(13)6-17-8-4-2-1-3-5-8/h8H,1-7H2,(H,14,15,16). The van der Waals surface area contributed by atoms with Crippen molar-refractivity contribution in [1.82, 2.24) is 0 Å². The molecule has 0 aliphatic heterocycles. The zero-order chi connectivity index (χ0) is 14.5. The van der Waals surface area contributed by atoms with E-state index < -0.39 is 34.6 Å². The van der Waals surface area contributed by atoms with Gasteiger partial charge in [0.25, 0.3) is 0 Å². The third kappa shape index (κ3) is 5.37. The van der Waals surface area contributed by atoms with Gasteiger partial charge < -0.3 is 9.47 Å². The predicted molar refractivity (Wildman–Crippen MR) is 60.3 cm³/mol. The van der Waals surface area contributed by atoms with Crippen LogP contribution in [-0.2, 0) is 24.4 Å². The smallest absolute Gasteiger partial charge is 0.402 e. The van der Waals surface area contributed by atoms with Gasteiger partial charge in [0.1, 0.15) is 6.61 Å². The Balaban J connectivity index is 2.28. The van der Waals surface area contributed by atoms with Crippen LogP contribution in [0.3, 0.4) is 0 Å². The molecule has 0 saturated heterocycles. The van der Waals surface area contributed by atoms with Crippen molar-refractivity contribution in [3.63, 3.8) is 0 Å². The Labute approximate surface area is 109 Å². The number of esters is 1. The summed E-state index contributed by atoms with van der Waals surface area (Å²) in [7, 11) is -5.58. The lowest BCUT2D eigenvalue weighted by molar-refractivity contribution is -0.157. The highest BCUT2D eigenvalue weighted by Gasteiger charge is 2.45. The van der Waals surface area contributed by atoms with E-state index in [4.69, 9.17) is 9.29 Å². The first-order chi connectivity index (χ1) is 8.72. The molecule has 1 fully saturated rings. The van der Waals surface area contributed by atoms with E-state index in [0.717, 1.165) is 32.1 Å². The fraction of sp³-hybridized carbons (Fsp3) is 0.900. The van der Waals surface area contributed by atoms with Crippen LogP contribution in [0.5, 0.6) is 0 Å². The van der Waals surface area contributed by atoms with Gasteiger partial charge in [-0.2, -0.15) is 17.2 Å². The summed E-state index contributed by atoms with van der Waals surface area (Å²) >= 11 is 0. The first kappa shape index (κ1) is 16.3. The highest BCUT2D eigenvalue weighted by Crippen LogP contribution is 2.21. The summed E-state index contributed by atoms with van der Waals surface area (Å²) < 4.78 is 63.4. The van der Waals surface area contributed by atoms with E-state index in [1.54, 1.807) is 0 Å². The number of ether oxygens (including phenoxy) is 2. The molecule has 0 atom stereocenters. The average molecular weight is 302 g/mol. The van der Waals surface area contributed by atoms with E-state index in [1.807, 2.05) is 0 Å². The SMILES string of the molecule is O=C(COC1CCCCC1)OCC(F)(F)S(=O)(=O)O. The second-order valence-electron chi connectivity index (χ2n) is 4.34. The van der Waals surface area contributed by atoms with Crippen LogP contribution in [-0.4, -0.2) is 43.5 Å². The Morgan fingerprint density at radius 3 is 2.37 bits per heavy atom. The van der Waals surface area contributed by atoms with Crippen molar-refractivity contribution in [2.45, 2.75) is 43.5 Å². The molecule has 1 N–H and O–H groups in total. The molecule has 0 spiro atoms. The summed E-state index contributed by atoms with van der Waals surface area (Å²) in [5.74, 6) is -1.09. The van der Waals surface area contributed by atoms with Crippen molar-refractivity contribution in [1.29, 1.82) is 0 Å². The molecular formula is C10H16F2O6S. The third-order valence-electron chi connectivity index (χ3n) is 2.77. The summed E-state index contributed by atoms with van der Waals surface area (Å²) in [6.45, 7) is -2.23. The second kappa shape index (κ2) is 6.58. The molecule has 19 heavy (non-hydrogen) atoms. The van der Waals surface area contributed by atoms with Crippen molar-refractivity contribution in [3.8, 4) is 0 Å². The van der Waals surface area contributed by atoms with Crippen LogP contribution >= 0.6 is 0 Å². The average Bonchev–Trinajstić information content (AvgIpc) is 2.34. The third-order valence-corrected chi connectivity index (χ3v) is 3.64. The fourth-order valence-electron chi connectivity index (χ4n) is 1.70. The van der Waals surface area contributed by atoms with Gasteiger partial charge in [-0.05, 0) is 12.8 Å². The molecule has 0 amide bonds. The van der Waals surface area contributed by atoms with Crippen molar-refractivity contribution in [3.05, 3.63) is 0 Å². The topological polar surface area (TPSA) is 89.9 Å². The zero-order valence-corrected chi connectivity index (χ0v) is 11.0. The summed E-state index contributed by atoms with van der Waals surface area (Å²) in [5.41, 5.74) is 0. The van der Waals surface area contributed by atoms with Gasteiger partial charge >= 0.3 is 21.3 Å². The Hall–Kier alpha value is -0.800. The minimum Gasteiger partial charge on any atom is -0.456 e. The molecule has 6 nitrogen and oxygen atoms in total. The van der Waals surface area contributed by atoms with Crippen LogP contribution in [0, 0.1) is 0 Å². The number of halogens is 2. The molecule has 9 heteroatoms. The molecule has 0 unspecified atom stereocenters. The molecule has 1 aliphatic carbocycles. The van der Waals surface area contributed by atoms with Crippen LogP contribution < -0.4 is 0 Å². The van der Waals surface area contributed by atoms with E-state index in [9.17, 15) is 22.0 Å². The molecule has 1 rings (SSSR count). The van der Waals surface area contributed by atoms with Crippen molar-refractivity contribution in [2.24, 2.45) is 0 Å². The lowest BCUT2D eigenvalue weighted by atomic mass is 9.98. The number of hydrogen-bond acceptors (Lipinski definition) is 5. The van der Waals surface area contributed by atoms with E-state index in [0.29, 0.717) is 0 Å². The molecular weight excluding hydrogens is 286 g/mol. The van der Waals surface area contributed by atoms with Crippen LogP contribution in [0.25, 0.3) is 0 Å². The molecule has 0 aromatic carbocycles. The quantitative estimate of drug-likeness (QED) is 0.588. The predicted octanol–water partition coefficient (Wildman–Crippen LogP) is 1.36. The summed E-state index contributed by atoms with van der Waals surface area (Å²) in [5, 5.41) is -4.51. The number of rotatable bonds is 6. The second-order valence-corrected chi connectivity index (χ2v) is 5.89. The van der Waals surface area contributed by atoms with Gasteiger partial charge in [-0.1, -0.05) is 19.3 Å². The summed E-state index contributed by atoms with van der Waals surface area (Å²) in [6, 6.07) is 0. The van der Waals surface area contributed by atoms with E-state index in [2.05, 4.69) is 4.74 Å². The lowest BCUT2D eigenvalue weighted by Crippen LogP contribution is -2.35. The van der Waals surface area contributed by atoms with E-state index in [-0.39, 0.29) is 6.10 Å². The highest BCUT2D eigenvalue weighted by atomic mass is 32.2. The Kier molecular flexibility index (Phi) is 5.63. The molecule has 1 aliphatic rings. The molecule has 0 aromatic rings. The van der Waals surface area contributed by atoms with Crippen molar-refractivity contribution in [2.75, 3.05) is 13.2 Å². The monoisotopic (exact) mass is 302 g/mol. The molecule has 0 bridgehead atoms. The Morgan fingerprint density at radius 1 is 1.26 bits per heavy atom. The maximum Gasteiger partial charge on any atom is 0.402 e. The first-order valence-electron chi connectivity index (χ1n) is 5.84. The van der Waals surface area contributed by atoms with Gasteiger partial charge in [0.05, 0.1) is 6.10 Å². The number of carbonyl (C=O) groups is 1. The van der Waals surface area contributed by atoms with Crippen LogP contribution in [0.15, 0.2) is 0 Å². The largest absolute Gasteiger partial charge is 0.456 e. The maximum atomic E-state index is 12.7. The molecule has 0 aromatic heterocycles. The Bertz CT molecular complexity index is 402. The first-order valence-corrected chi connectivity index (χ1v) is 7.28. The normalized spacial score (nSPS) is 18.3. The van der Waals surface area contributed by atoms with Crippen molar-refractivity contribution >= 4 is 16.1 Å². The fourth-order valence-corrected chi connectivity index (χ4v) is 1.91. The van der Waals surface area contributed by atoms with Crippen LogP contribution in [0.2, 0.25) is 0 Å². The Morgan fingerprint density at radius 2 is 1.84 bits per heavy atom. The summed E-state index contributed by atoms with van der Waals surface area (Å²) in [4.78, 5) is 11.1. The van der Waals surface area contributed by atoms with Crippen LogP contribution in [0.1, 0.15) is 32.1 Å². The number of hydrogen-bond donors (Lipinski definition) is 1. The maximum absolute atomic E-state index is 12.7. The minimum absolute atomic E-state index is 0.0941. The molecule has 0 heterocycles. The van der Waals surface area contributed by atoms with Crippen LogP contribution in [0.4, 0.5) is 8.78 Å². The minimum atomic E-state index is -5.58. The molecule has 0 radical (unpaired) electrons. The molecule has 112 valence electrons. The van der Waals surface area contributed by atoms with Gasteiger partial charge in [-0.25, -0.2) is 4.79 Å². The van der Waals surface area contributed by atoms with Gasteiger partial charge in [0.15, 0.2) is 6.61 Å². The van der Waals surface area contributed by atoms with E-state index >= 15 is 0 Å². The number of carbonyl (C=O) groups excluding carboxylic acids is 1.